The Bertz CT molecular complexity index is 586. The van der Waals surface area contributed by atoms with Crippen LogP contribution in [0.25, 0.3) is 0 Å². The third-order valence-electron chi connectivity index (χ3n) is 6.18. The predicted octanol–water partition coefficient (Wildman–Crippen LogP) is 1.28. The van der Waals surface area contributed by atoms with Gasteiger partial charge in [-0.3, -0.25) is 9.48 Å². The zero-order valence-electron chi connectivity index (χ0n) is 14.5. The summed E-state index contributed by atoms with van der Waals surface area (Å²) in [6.45, 7) is 5.18. The number of rotatable bonds is 3. The first-order chi connectivity index (χ1) is 11.6. The molecule has 4 rings (SSSR count). The molecule has 24 heavy (non-hydrogen) atoms. The lowest BCUT2D eigenvalue weighted by Gasteiger charge is -2.43. The quantitative estimate of drug-likeness (QED) is 0.906. The maximum absolute atomic E-state index is 12.1. The number of aromatic nitrogens is 2. The summed E-state index contributed by atoms with van der Waals surface area (Å²) in [5, 5.41) is 7.64. The second-order valence-corrected chi connectivity index (χ2v) is 7.76. The van der Waals surface area contributed by atoms with Crippen LogP contribution in [-0.4, -0.2) is 59.0 Å². The van der Waals surface area contributed by atoms with Gasteiger partial charge in [-0.15, -0.1) is 0 Å². The molecule has 0 bridgehead atoms. The molecule has 3 aliphatic heterocycles. The highest BCUT2D eigenvalue weighted by Crippen LogP contribution is 2.43. The monoisotopic (exact) mass is 332 g/mol. The fourth-order valence-electron chi connectivity index (χ4n) is 4.76. The molecule has 4 heterocycles. The minimum absolute atomic E-state index is 0.0632. The van der Waals surface area contributed by atoms with Crippen LogP contribution in [0, 0.1) is 5.92 Å². The van der Waals surface area contributed by atoms with Crippen LogP contribution in [0.1, 0.15) is 43.6 Å². The Labute approximate surface area is 143 Å². The third-order valence-corrected chi connectivity index (χ3v) is 6.18. The number of nitrogens with one attached hydrogen (secondary N) is 1. The maximum Gasteiger partial charge on any atom is 0.221 e. The fraction of sp³-hybridized carbons (Fsp3) is 0.778. The second-order valence-electron chi connectivity index (χ2n) is 7.76. The van der Waals surface area contributed by atoms with Crippen molar-refractivity contribution >= 4 is 5.91 Å². The van der Waals surface area contributed by atoms with E-state index in [4.69, 9.17) is 4.74 Å². The molecule has 1 N–H and O–H groups in total. The van der Waals surface area contributed by atoms with Gasteiger partial charge in [-0.05, 0) is 37.2 Å². The Kier molecular flexibility index (Phi) is 4.35. The van der Waals surface area contributed by atoms with E-state index >= 15 is 0 Å². The van der Waals surface area contributed by atoms with Gasteiger partial charge in [-0.2, -0.15) is 5.10 Å². The first-order valence-corrected chi connectivity index (χ1v) is 9.24. The summed E-state index contributed by atoms with van der Waals surface area (Å²) in [6.07, 6.45) is 9.07. The van der Waals surface area contributed by atoms with Crippen LogP contribution in [0.5, 0.6) is 0 Å². The van der Waals surface area contributed by atoms with Crippen molar-refractivity contribution in [3.63, 3.8) is 0 Å². The van der Waals surface area contributed by atoms with Crippen molar-refractivity contribution in [2.75, 3.05) is 32.8 Å². The number of nitrogens with zero attached hydrogens (tertiary/aromatic N) is 3. The summed E-state index contributed by atoms with van der Waals surface area (Å²) in [5.74, 6) is 1.24. The smallest absolute Gasteiger partial charge is 0.221 e. The molecule has 0 aromatic carbocycles. The van der Waals surface area contributed by atoms with E-state index < -0.39 is 0 Å². The van der Waals surface area contributed by atoms with Crippen molar-refractivity contribution in [2.45, 2.75) is 43.6 Å². The standard InChI is InChI=1S/C18H28N4O2/c1-21-13-15(11-19-21)16-10-17(23)20-18(16)4-6-22(7-5-18)12-14-2-8-24-9-3-14/h11,13-14,16H,2-10,12H2,1H3,(H,20,23)/t16-/m1/s1. The van der Waals surface area contributed by atoms with Crippen LogP contribution in [0.2, 0.25) is 0 Å². The Morgan fingerprint density at radius 3 is 2.75 bits per heavy atom. The Hall–Kier alpha value is -1.40. The minimum Gasteiger partial charge on any atom is -0.381 e. The van der Waals surface area contributed by atoms with E-state index in [0.717, 1.165) is 45.1 Å². The first-order valence-electron chi connectivity index (χ1n) is 9.24. The van der Waals surface area contributed by atoms with Crippen LogP contribution in [0.3, 0.4) is 0 Å². The number of amides is 1. The molecule has 0 radical (unpaired) electrons. The Morgan fingerprint density at radius 1 is 1.33 bits per heavy atom. The van der Waals surface area contributed by atoms with Crippen LogP contribution in [0.4, 0.5) is 0 Å². The SMILES string of the molecule is Cn1cc([C@H]2CC(=O)NC23CCN(CC2CCOCC2)CC3)cn1. The highest BCUT2D eigenvalue weighted by Gasteiger charge is 2.49. The van der Waals surface area contributed by atoms with E-state index in [1.54, 1.807) is 0 Å². The van der Waals surface area contributed by atoms with Gasteiger partial charge in [-0.25, -0.2) is 0 Å². The van der Waals surface area contributed by atoms with E-state index in [1.807, 2.05) is 17.9 Å². The van der Waals surface area contributed by atoms with Crippen molar-refractivity contribution in [2.24, 2.45) is 13.0 Å². The normalized spacial score (nSPS) is 28.4. The molecule has 6 heteroatoms. The molecule has 3 saturated heterocycles. The van der Waals surface area contributed by atoms with Crippen molar-refractivity contribution in [1.82, 2.24) is 20.0 Å². The third kappa shape index (κ3) is 3.09. The predicted molar refractivity (Wildman–Crippen MR) is 90.7 cm³/mol. The molecule has 1 aromatic heterocycles. The lowest BCUT2D eigenvalue weighted by molar-refractivity contribution is -0.120. The van der Waals surface area contributed by atoms with E-state index in [1.165, 1.54) is 24.9 Å². The number of carbonyl (C=O) groups excluding carboxylic acids is 1. The van der Waals surface area contributed by atoms with Crippen molar-refractivity contribution in [1.29, 1.82) is 0 Å². The molecule has 132 valence electrons. The number of aryl methyl sites for hydroxylation is 1. The first kappa shape index (κ1) is 16.1. The summed E-state index contributed by atoms with van der Waals surface area (Å²) in [6, 6.07) is 0. The number of piperidine rings is 1. The van der Waals surface area contributed by atoms with Crippen LogP contribution in [-0.2, 0) is 16.6 Å². The molecule has 3 aliphatic rings. The number of hydrogen-bond donors (Lipinski definition) is 1. The van der Waals surface area contributed by atoms with Gasteiger partial charge in [0.05, 0.1) is 6.20 Å². The molecule has 0 saturated carbocycles. The minimum atomic E-state index is -0.0632. The molecule has 0 aliphatic carbocycles. The number of likely N-dealkylation sites (tertiary alicyclic amines) is 1. The molecular formula is C18H28N4O2. The van der Waals surface area contributed by atoms with Gasteiger partial charge in [0.25, 0.3) is 0 Å². The Balaban J connectivity index is 1.41. The highest BCUT2D eigenvalue weighted by atomic mass is 16.5. The maximum atomic E-state index is 12.1. The fourth-order valence-corrected chi connectivity index (χ4v) is 4.76. The summed E-state index contributed by atoms with van der Waals surface area (Å²) >= 11 is 0. The molecule has 1 aromatic rings. The van der Waals surface area contributed by atoms with Crippen molar-refractivity contribution in [3.8, 4) is 0 Å². The van der Waals surface area contributed by atoms with Gasteiger partial charge in [0.15, 0.2) is 0 Å². The van der Waals surface area contributed by atoms with E-state index in [9.17, 15) is 4.79 Å². The molecule has 0 unspecified atom stereocenters. The lowest BCUT2D eigenvalue weighted by Crippen LogP contribution is -2.54. The Morgan fingerprint density at radius 2 is 2.08 bits per heavy atom. The van der Waals surface area contributed by atoms with Gasteiger partial charge in [0.1, 0.15) is 0 Å². The second kappa shape index (κ2) is 6.48. The van der Waals surface area contributed by atoms with Crippen LogP contribution < -0.4 is 5.32 Å². The van der Waals surface area contributed by atoms with Gasteiger partial charge in [-0.1, -0.05) is 0 Å². The molecule has 3 fully saturated rings. The molecular weight excluding hydrogens is 304 g/mol. The van der Waals surface area contributed by atoms with Gasteiger partial charge in [0, 0.05) is 64.0 Å². The number of carbonyl (C=O) groups is 1. The summed E-state index contributed by atoms with van der Waals surface area (Å²) in [7, 11) is 1.94. The number of ether oxygens (including phenoxy) is 1. The van der Waals surface area contributed by atoms with E-state index in [2.05, 4.69) is 21.5 Å². The van der Waals surface area contributed by atoms with Crippen LogP contribution in [0.15, 0.2) is 12.4 Å². The average molecular weight is 332 g/mol. The van der Waals surface area contributed by atoms with Gasteiger partial charge in [0.2, 0.25) is 5.91 Å². The molecule has 1 amide bonds. The molecule has 1 atom stereocenters. The average Bonchev–Trinajstić information content (AvgIpc) is 3.14. The lowest BCUT2D eigenvalue weighted by atomic mass is 9.75. The topological polar surface area (TPSA) is 59.4 Å². The van der Waals surface area contributed by atoms with Gasteiger partial charge < -0.3 is 15.0 Å². The molecule has 6 nitrogen and oxygen atoms in total. The highest BCUT2D eigenvalue weighted by molar-refractivity contribution is 5.81. The van der Waals surface area contributed by atoms with Crippen molar-refractivity contribution < 1.29 is 9.53 Å². The van der Waals surface area contributed by atoms with Crippen LogP contribution >= 0.6 is 0 Å². The zero-order chi connectivity index (χ0) is 16.6. The van der Waals surface area contributed by atoms with E-state index in [0.29, 0.717) is 6.42 Å². The van der Waals surface area contributed by atoms with Crippen molar-refractivity contribution in [3.05, 3.63) is 18.0 Å². The van der Waals surface area contributed by atoms with Gasteiger partial charge >= 0.3 is 0 Å². The largest absolute Gasteiger partial charge is 0.381 e. The summed E-state index contributed by atoms with van der Waals surface area (Å²) < 4.78 is 7.31. The summed E-state index contributed by atoms with van der Waals surface area (Å²) in [4.78, 5) is 14.7. The zero-order valence-corrected chi connectivity index (χ0v) is 14.5. The molecule has 1 spiro atoms. The van der Waals surface area contributed by atoms with E-state index in [-0.39, 0.29) is 17.4 Å². The summed E-state index contributed by atoms with van der Waals surface area (Å²) in [5.41, 5.74) is 1.14. The number of hydrogen-bond acceptors (Lipinski definition) is 4.